The van der Waals surface area contributed by atoms with Crippen LogP contribution < -0.4 is 0 Å². The number of aryl methyl sites for hydroxylation is 1. The molecule has 2 heteroatoms. The summed E-state index contributed by atoms with van der Waals surface area (Å²) in [6.07, 6.45) is 1.90. The molecular formula is C28H25NO. The van der Waals surface area contributed by atoms with Gasteiger partial charge in [0.25, 0.3) is 0 Å². The second-order valence-corrected chi connectivity index (χ2v) is 8.99. The summed E-state index contributed by atoms with van der Waals surface area (Å²) in [5.74, 6) is 0. The van der Waals surface area contributed by atoms with E-state index in [1.54, 1.807) is 0 Å². The van der Waals surface area contributed by atoms with Crippen LogP contribution in [0, 0.1) is 6.92 Å². The first kappa shape index (κ1) is 18.6. The zero-order valence-corrected chi connectivity index (χ0v) is 17.9. The van der Waals surface area contributed by atoms with Gasteiger partial charge in [-0.25, -0.2) is 0 Å². The number of fused-ring (bicyclic) bond motifs is 3. The molecule has 0 bridgehead atoms. The molecule has 0 amide bonds. The zero-order valence-electron chi connectivity index (χ0n) is 17.9. The van der Waals surface area contributed by atoms with Crippen molar-refractivity contribution in [3.8, 4) is 22.4 Å². The lowest BCUT2D eigenvalue weighted by atomic mass is 9.87. The Labute approximate surface area is 177 Å². The quantitative estimate of drug-likeness (QED) is 0.305. The van der Waals surface area contributed by atoms with E-state index < -0.39 is 0 Å². The van der Waals surface area contributed by atoms with Crippen LogP contribution in [0.5, 0.6) is 0 Å². The minimum atomic E-state index is 0.0694. The number of rotatable bonds is 2. The number of pyridine rings is 1. The Hall–Kier alpha value is -3.39. The SMILES string of the molecule is Cc1ccc(-c2cc(C(C)(C)C)ccn2)c2oc3cc(-c4ccccc4)ccc3c12. The van der Waals surface area contributed by atoms with Crippen LogP contribution in [0.2, 0.25) is 0 Å². The number of benzene rings is 3. The van der Waals surface area contributed by atoms with Crippen LogP contribution in [0.3, 0.4) is 0 Å². The van der Waals surface area contributed by atoms with Crippen molar-refractivity contribution in [3.63, 3.8) is 0 Å². The average Bonchev–Trinajstić information content (AvgIpc) is 3.13. The van der Waals surface area contributed by atoms with Crippen LogP contribution in [-0.4, -0.2) is 4.98 Å². The zero-order chi connectivity index (χ0) is 20.9. The molecule has 0 saturated heterocycles. The molecule has 2 nitrogen and oxygen atoms in total. The fourth-order valence-corrected chi connectivity index (χ4v) is 4.10. The van der Waals surface area contributed by atoms with E-state index in [0.29, 0.717) is 0 Å². The van der Waals surface area contributed by atoms with E-state index in [-0.39, 0.29) is 5.41 Å². The minimum absolute atomic E-state index is 0.0694. The number of furan rings is 1. The largest absolute Gasteiger partial charge is 0.455 e. The van der Waals surface area contributed by atoms with Gasteiger partial charge in [-0.1, -0.05) is 63.2 Å². The van der Waals surface area contributed by atoms with E-state index in [1.807, 2.05) is 12.3 Å². The summed E-state index contributed by atoms with van der Waals surface area (Å²) in [7, 11) is 0. The summed E-state index contributed by atoms with van der Waals surface area (Å²) in [6.45, 7) is 8.82. The lowest BCUT2D eigenvalue weighted by Crippen LogP contribution is -2.11. The van der Waals surface area contributed by atoms with E-state index in [9.17, 15) is 0 Å². The van der Waals surface area contributed by atoms with Gasteiger partial charge in [0.2, 0.25) is 0 Å². The van der Waals surface area contributed by atoms with Gasteiger partial charge in [0.1, 0.15) is 11.2 Å². The molecule has 5 rings (SSSR count). The maximum atomic E-state index is 6.47. The van der Waals surface area contributed by atoms with Crippen LogP contribution in [0.4, 0.5) is 0 Å². The van der Waals surface area contributed by atoms with Crippen LogP contribution in [-0.2, 0) is 5.41 Å². The van der Waals surface area contributed by atoms with Crippen LogP contribution in [0.25, 0.3) is 44.3 Å². The van der Waals surface area contributed by atoms with Crippen LogP contribution in [0.15, 0.2) is 83.4 Å². The van der Waals surface area contributed by atoms with Gasteiger partial charge in [-0.05, 0) is 64.9 Å². The van der Waals surface area contributed by atoms with Crippen molar-refractivity contribution < 1.29 is 4.42 Å². The Bertz CT molecular complexity index is 1370. The van der Waals surface area contributed by atoms with E-state index in [1.165, 1.54) is 22.1 Å². The van der Waals surface area contributed by atoms with E-state index in [2.05, 4.69) is 99.4 Å². The Morgan fingerprint density at radius 2 is 1.60 bits per heavy atom. The van der Waals surface area contributed by atoms with E-state index in [4.69, 9.17) is 4.42 Å². The molecule has 0 aliphatic carbocycles. The van der Waals surface area contributed by atoms with Gasteiger partial charge >= 0.3 is 0 Å². The lowest BCUT2D eigenvalue weighted by Gasteiger charge is -2.19. The maximum Gasteiger partial charge on any atom is 0.145 e. The number of hydrogen-bond acceptors (Lipinski definition) is 2. The Morgan fingerprint density at radius 1 is 0.800 bits per heavy atom. The summed E-state index contributed by atoms with van der Waals surface area (Å²) in [5.41, 5.74) is 8.72. The molecule has 0 unspecified atom stereocenters. The highest BCUT2D eigenvalue weighted by Crippen LogP contribution is 2.39. The average molecular weight is 392 g/mol. The maximum absolute atomic E-state index is 6.47. The van der Waals surface area contributed by atoms with Crippen molar-refractivity contribution in [1.82, 2.24) is 4.98 Å². The highest BCUT2D eigenvalue weighted by molar-refractivity contribution is 6.11. The summed E-state index contributed by atoms with van der Waals surface area (Å²) in [5, 5.41) is 2.32. The normalized spacial score (nSPS) is 12.0. The molecule has 2 heterocycles. The molecule has 3 aromatic carbocycles. The van der Waals surface area contributed by atoms with Crippen molar-refractivity contribution >= 4 is 21.9 Å². The highest BCUT2D eigenvalue weighted by atomic mass is 16.3. The third kappa shape index (κ3) is 3.09. The van der Waals surface area contributed by atoms with Crippen molar-refractivity contribution in [3.05, 3.63) is 90.1 Å². The number of hydrogen-bond donors (Lipinski definition) is 0. The summed E-state index contributed by atoms with van der Waals surface area (Å²) in [6, 6.07) is 25.5. The molecule has 30 heavy (non-hydrogen) atoms. The fourth-order valence-electron chi connectivity index (χ4n) is 4.10. The standard InChI is InChI=1S/C28H25NO/c1-18-10-12-22(24-17-21(14-15-29-24)28(2,3)4)27-26(18)23-13-11-20(16-25(23)30-27)19-8-6-5-7-9-19/h5-17H,1-4H3. The van der Waals surface area contributed by atoms with Crippen LogP contribution >= 0.6 is 0 Å². The molecule has 0 N–H and O–H groups in total. The summed E-state index contributed by atoms with van der Waals surface area (Å²) < 4.78 is 6.47. The highest BCUT2D eigenvalue weighted by Gasteiger charge is 2.18. The molecule has 0 radical (unpaired) electrons. The monoisotopic (exact) mass is 391 g/mol. The molecule has 0 atom stereocenters. The molecule has 0 aliphatic rings. The Balaban J connectivity index is 1.74. The third-order valence-electron chi connectivity index (χ3n) is 5.84. The topological polar surface area (TPSA) is 26.0 Å². The Morgan fingerprint density at radius 3 is 2.37 bits per heavy atom. The van der Waals surface area contributed by atoms with Gasteiger partial charge in [0.15, 0.2) is 0 Å². The third-order valence-corrected chi connectivity index (χ3v) is 5.84. The Kier molecular flexibility index (Phi) is 4.25. The summed E-state index contributed by atoms with van der Waals surface area (Å²) in [4.78, 5) is 4.68. The first-order chi connectivity index (χ1) is 14.4. The molecule has 5 aromatic rings. The van der Waals surface area contributed by atoms with Gasteiger partial charge < -0.3 is 4.42 Å². The smallest absolute Gasteiger partial charge is 0.145 e. The first-order valence-electron chi connectivity index (χ1n) is 10.4. The lowest BCUT2D eigenvalue weighted by molar-refractivity contribution is 0.589. The van der Waals surface area contributed by atoms with E-state index >= 15 is 0 Å². The van der Waals surface area contributed by atoms with Crippen molar-refractivity contribution in [2.45, 2.75) is 33.1 Å². The number of aromatic nitrogens is 1. The van der Waals surface area contributed by atoms with Crippen molar-refractivity contribution in [1.29, 1.82) is 0 Å². The molecule has 0 saturated carbocycles. The predicted octanol–water partition coefficient (Wildman–Crippen LogP) is 7.92. The molecular weight excluding hydrogens is 366 g/mol. The van der Waals surface area contributed by atoms with Gasteiger partial charge in [-0.3, -0.25) is 4.98 Å². The molecule has 0 spiro atoms. The van der Waals surface area contributed by atoms with Gasteiger partial charge in [-0.2, -0.15) is 0 Å². The molecule has 2 aromatic heterocycles. The predicted molar refractivity (Wildman–Crippen MR) is 126 cm³/mol. The first-order valence-corrected chi connectivity index (χ1v) is 10.4. The van der Waals surface area contributed by atoms with Crippen molar-refractivity contribution in [2.75, 3.05) is 0 Å². The molecule has 0 aliphatic heterocycles. The van der Waals surface area contributed by atoms with E-state index in [0.717, 1.165) is 33.4 Å². The molecule has 148 valence electrons. The fraction of sp³-hybridized carbons (Fsp3) is 0.179. The van der Waals surface area contributed by atoms with Gasteiger partial charge in [0.05, 0.1) is 5.69 Å². The summed E-state index contributed by atoms with van der Waals surface area (Å²) >= 11 is 0. The second-order valence-electron chi connectivity index (χ2n) is 8.99. The second kappa shape index (κ2) is 6.84. The van der Waals surface area contributed by atoms with Crippen molar-refractivity contribution in [2.24, 2.45) is 0 Å². The van der Waals surface area contributed by atoms with Gasteiger partial charge in [-0.15, -0.1) is 0 Å². The molecule has 0 fully saturated rings. The minimum Gasteiger partial charge on any atom is -0.455 e. The van der Waals surface area contributed by atoms with Crippen LogP contribution in [0.1, 0.15) is 31.9 Å². The number of nitrogens with zero attached hydrogens (tertiary/aromatic N) is 1. The van der Waals surface area contributed by atoms with Gasteiger partial charge in [0, 0.05) is 22.5 Å².